The third-order valence-electron chi connectivity index (χ3n) is 6.53. The summed E-state index contributed by atoms with van der Waals surface area (Å²) >= 11 is 0. The van der Waals surface area contributed by atoms with Gasteiger partial charge in [-0.1, -0.05) is 25.2 Å². The number of allylic oxidation sites excluding steroid dienone is 4. The van der Waals surface area contributed by atoms with Crippen LogP contribution in [-0.4, -0.2) is 18.3 Å². The molecule has 0 spiro atoms. The van der Waals surface area contributed by atoms with Gasteiger partial charge in [-0.3, -0.25) is 0 Å². The summed E-state index contributed by atoms with van der Waals surface area (Å²) in [4.78, 5) is 0. The molecule has 3 nitrogen and oxygen atoms in total. The summed E-state index contributed by atoms with van der Waals surface area (Å²) in [6.07, 6.45) is 11.9. The lowest BCUT2D eigenvalue weighted by molar-refractivity contribution is 0.00578. The Morgan fingerprint density at radius 1 is 1.17 bits per heavy atom. The predicted octanol–water partition coefficient (Wildman–Crippen LogP) is 5.06. The Morgan fingerprint density at radius 3 is 2.29 bits per heavy atom. The highest BCUT2D eigenvalue weighted by molar-refractivity contribution is 6.48. The van der Waals surface area contributed by atoms with Crippen molar-refractivity contribution in [2.75, 3.05) is 0 Å². The van der Waals surface area contributed by atoms with E-state index in [1.165, 1.54) is 5.57 Å². The normalized spacial score (nSPS) is 33.8. The van der Waals surface area contributed by atoms with Crippen molar-refractivity contribution in [3.8, 4) is 6.07 Å². The molecule has 0 aromatic carbocycles. The van der Waals surface area contributed by atoms with E-state index in [1.807, 2.05) is 0 Å². The highest BCUT2D eigenvalue weighted by atomic mass is 16.7. The van der Waals surface area contributed by atoms with Gasteiger partial charge in [0, 0.05) is 5.82 Å². The second-order valence-corrected chi connectivity index (χ2v) is 8.93. The lowest BCUT2D eigenvalue weighted by atomic mass is 9.62. The molecule has 2 aliphatic carbocycles. The van der Waals surface area contributed by atoms with Gasteiger partial charge < -0.3 is 9.31 Å². The molecule has 4 heteroatoms. The largest absolute Gasteiger partial charge is 0.465 e. The van der Waals surface area contributed by atoms with Crippen molar-refractivity contribution in [1.29, 1.82) is 5.26 Å². The lowest BCUT2D eigenvalue weighted by Crippen LogP contribution is -2.41. The van der Waals surface area contributed by atoms with Crippen molar-refractivity contribution >= 4 is 7.12 Å². The van der Waals surface area contributed by atoms with Crippen LogP contribution in [0.1, 0.15) is 66.7 Å². The zero-order chi connectivity index (χ0) is 17.6. The molecule has 0 N–H and O–H groups in total. The Balaban J connectivity index is 1.82. The van der Waals surface area contributed by atoms with E-state index in [-0.39, 0.29) is 29.6 Å². The molecule has 3 rings (SSSR count). The average molecular weight is 327 g/mol. The first-order valence-electron chi connectivity index (χ1n) is 9.35. The van der Waals surface area contributed by atoms with E-state index < -0.39 is 0 Å². The molecule has 0 bridgehead atoms. The number of hydrogen-bond donors (Lipinski definition) is 0. The Morgan fingerprint density at radius 2 is 1.79 bits per heavy atom. The van der Waals surface area contributed by atoms with E-state index in [0.29, 0.717) is 5.92 Å². The van der Waals surface area contributed by atoms with Gasteiger partial charge in [0.25, 0.3) is 0 Å². The van der Waals surface area contributed by atoms with Gasteiger partial charge in [-0.2, -0.15) is 5.26 Å². The van der Waals surface area contributed by atoms with E-state index in [0.717, 1.165) is 32.1 Å². The van der Waals surface area contributed by atoms with Gasteiger partial charge in [-0.25, -0.2) is 0 Å². The second-order valence-electron chi connectivity index (χ2n) is 8.93. The third kappa shape index (κ3) is 2.98. The van der Waals surface area contributed by atoms with Crippen LogP contribution in [0.5, 0.6) is 0 Å². The monoisotopic (exact) mass is 327 g/mol. The fourth-order valence-electron chi connectivity index (χ4n) is 3.88. The summed E-state index contributed by atoms with van der Waals surface area (Å²) in [5.74, 6) is 0.797. The molecule has 1 heterocycles. The molecule has 1 saturated heterocycles. The second kappa shape index (κ2) is 6.04. The number of hydrogen-bond acceptors (Lipinski definition) is 3. The van der Waals surface area contributed by atoms with Gasteiger partial charge >= 0.3 is 7.12 Å². The summed E-state index contributed by atoms with van der Waals surface area (Å²) in [6.45, 7) is 10.7. The molecule has 2 atom stereocenters. The van der Waals surface area contributed by atoms with Crippen LogP contribution in [0.2, 0.25) is 5.82 Å². The van der Waals surface area contributed by atoms with Crippen molar-refractivity contribution in [3.63, 3.8) is 0 Å². The number of nitriles is 1. The maximum absolute atomic E-state index is 9.66. The molecular formula is C20H30BNO2. The van der Waals surface area contributed by atoms with Gasteiger partial charge in [0.15, 0.2) is 0 Å². The highest BCUT2D eigenvalue weighted by Gasteiger charge is 2.53. The van der Waals surface area contributed by atoms with Gasteiger partial charge in [0.1, 0.15) is 0 Å². The van der Waals surface area contributed by atoms with Crippen LogP contribution in [0.3, 0.4) is 0 Å². The summed E-state index contributed by atoms with van der Waals surface area (Å²) in [5, 5.41) is 9.66. The Hall–Kier alpha value is -1.05. The lowest BCUT2D eigenvalue weighted by Gasteiger charge is -2.37. The first-order valence-corrected chi connectivity index (χ1v) is 9.35. The first kappa shape index (κ1) is 17.8. The van der Waals surface area contributed by atoms with Crippen LogP contribution in [-0.2, 0) is 9.31 Å². The van der Waals surface area contributed by atoms with Crippen molar-refractivity contribution in [3.05, 3.63) is 23.8 Å². The van der Waals surface area contributed by atoms with Crippen LogP contribution in [0.25, 0.3) is 0 Å². The third-order valence-corrected chi connectivity index (χ3v) is 6.53. The Labute approximate surface area is 147 Å². The minimum Gasteiger partial charge on any atom is -0.403 e. The molecule has 0 aromatic heterocycles. The number of rotatable bonds is 2. The first-order chi connectivity index (χ1) is 11.2. The summed E-state index contributed by atoms with van der Waals surface area (Å²) in [6, 6.07) is 2.58. The van der Waals surface area contributed by atoms with E-state index in [2.05, 4.69) is 58.9 Å². The SMILES string of the molecule is CC1CC=C(C2(C#N)CCC2)C=CC(B2OC(C)(C)C(C)(C)O2)C1. The molecule has 1 saturated carbocycles. The zero-order valence-corrected chi connectivity index (χ0v) is 15.8. The van der Waals surface area contributed by atoms with E-state index in [1.54, 1.807) is 0 Å². The molecule has 130 valence electrons. The van der Waals surface area contributed by atoms with Crippen LogP contribution >= 0.6 is 0 Å². The van der Waals surface area contributed by atoms with E-state index in [4.69, 9.17) is 9.31 Å². The summed E-state index contributed by atoms with van der Waals surface area (Å²) < 4.78 is 12.6. The molecule has 2 fully saturated rings. The van der Waals surface area contributed by atoms with Gasteiger partial charge in [-0.15, -0.1) is 0 Å². The fraction of sp³-hybridized carbons (Fsp3) is 0.750. The summed E-state index contributed by atoms with van der Waals surface area (Å²) in [7, 11) is -0.201. The maximum Gasteiger partial charge on any atom is 0.465 e. The van der Waals surface area contributed by atoms with Crippen LogP contribution in [0.15, 0.2) is 23.8 Å². The van der Waals surface area contributed by atoms with Crippen molar-refractivity contribution in [2.24, 2.45) is 11.3 Å². The highest BCUT2D eigenvalue weighted by Crippen LogP contribution is 2.49. The Bertz CT molecular complexity index is 579. The Kier molecular flexibility index (Phi) is 4.47. The molecule has 1 aliphatic heterocycles. The fourth-order valence-corrected chi connectivity index (χ4v) is 3.88. The summed E-state index contributed by atoms with van der Waals surface area (Å²) in [5.41, 5.74) is 0.382. The molecule has 0 radical (unpaired) electrons. The smallest absolute Gasteiger partial charge is 0.403 e. The quantitative estimate of drug-likeness (QED) is 0.666. The molecule has 24 heavy (non-hydrogen) atoms. The predicted molar refractivity (Wildman–Crippen MR) is 97.4 cm³/mol. The van der Waals surface area contributed by atoms with Crippen molar-refractivity contribution in [1.82, 2.24) is 0 Å². The van der Waals surface area contributed by atoms with E-state index >= 15 is 0 Å². The minimum atomic E-state index is -0.294. The average Bonchev–Trinajstić information content (AvgIpc) is 2.64. The van der Waals surface area contributed by atoms with E-state index in [9.17, 15) is 5.26 Å². The van der Waals surface area contributed by atoms with Crippen molar-refractivity contribution < 1.29 is 9.31 Å². The van der Waals surface area contributed by atoms with Gasteiger partial charge in [0.2, 0.25) is 0 Å². The van der Waals surface area contributed by atoms with Crippen LogP contribution < -0.4 is 0 Å². The van der Waals surface area contributed by atoms with Crippen molar-refractivity contribution in [2.45, 2.75) is 83.7 Å². The molecule has 0 aromatic rings. The van der Waals surface area contributed by atoms with Gasteiger partial charge in [-0.05, 0) is 71.3 Å². The van der Waals surface area contributed by atoms with Gasteiger partial charge in [0.05, 0.1) is 22.7 Å². The number of nitrogens with zero attached hydrogens (tertiary/aromatic N) is 1. The topological polar surface area (TPSA) is 42.2 Å². The zero-order valence-electron chi connectivity index (χ0n) is 15.8. The molecule has 2 unspecified atom stereocenters. The standard InChI is InChI=1S/C20H30BNO2/c1-15-7-8-16(20(14-22)11-6-12-20)9-10-17(13-15)21-23-18(2,3)19(4,5)24-21/h8-10,15,17H,6-7,11-13H2,1-5H3. The van der Waals surface area contributed by atoms with Crippen LogP contribution in [0, 0.1) is 22.7 Å². The molecule has 0 amide bonds. The van der Waals surface area contributed by atoms with Crippen LogP contribution in [0.4, 0.5) is 0 Å². The molecule has 3 aliphatic rings. The minimum absolute atomic E-state index is 0.201. The molecular weight excluding hydrogens is 297 g/mol. The maximum atomic E-state index is 9.66.